The molecule has 114 valence electrons. The van der Waals surface area contributed by atoms with Crippen LogP contribution in [0.1, 0.15) is 17.5 Å². The Hall–Kier alpha value is -1.94. The van der Waals surface area contributed by atoms with Gasteiger partial charge in [-0.25, -0.2) is 5.84 Å². The molecule has 21 heavy (non-hydrogen) atoms. The van der Waals surface area contributed by atoms with Crippen molar-refractivity contribution in [1.82, 2.24) is 10.3 Å². The van der Waals surface area contributed by atoms with E-state index < -0.39 is 0 Å². The number of carbonyl (C=O) groups is 1. The van der Waals surface area contributed by atoms with E-state index in [-0.39, 0.29) is 12.3 Å². The Labute approximate surface area is 125 Å². The summed E-state index contributed by atoms with van der Waals surface area (Å²) < 4.78 is 5.08. The topological polar surface area (TPSA) is 91.4 Å². The minimum absolute atomic E-state index is 0.210. The van der Waals surface area contributed by atoms with Crippen LogP contribution in [0.25, 0.3) is 0 Å². The first-order chi connectivity index (χ1) is 10.2. The van der Waals surface area contributed by atoms with Crippen LogP contribution in [0.2, 0.25) is 0 Å². The number of nitrogens with one attached hydrogen (secondary N) is 1. The number of nitrogens with zero attached hydrogens (tertiary/aromatic N) is 2. The molecule has 0 heterocycles. The first-order valence-electron chi connectivity index (χ1n) is 6.85. The number of ether oxygens (including phenoxy) is 1. The zero-order valence-corrected chi connectivity index (χ0v) is 12.3. The Balaban J connectivity index is 2.58. The third-order valence-electron chi connectivity index (χ3n) is 3.11. The SMILES string of the molecule is COCCN(CCC#N)Cc1ccc(CC(=O)NN)cc1. The highest BCUT2D eigenvalue weighted by atomic mass is 16.5. The van der Waals surface area contributed by atoms with Crippen LogP contribution < -0.4 is 11.3 Å². The third-order valence-corrected chi connectivity index (χ3v) is 3.11. The van der Waals surface area contributed by atoms with Crippen molar-refractivity contribution in [3.63, 3.8) is 0 Å². The lowest BCUT2D eigenvalue weighted by Gasteiger charge is -2.20. The summed E-state index contributed by atoms with van der Waals surface area (Å²) in [5, 5.41) is 8.69. The lowest BCUT2D eigenvalue weighted by atomic mass is 10.1. The Morgan fingerprint density at radius 1 is 1.33 bits per heavy atom. The Morgan fingerprint density at radius 2 is 2.00 bits per heavy atom. The van der Waals surface area contributed by atoms with E-state index in [1.807, 2.05) is 24.3 Å². The molecule has 0 aliphatic rings. The number of amides is 1. The maximum absolute atomic E-state index is 11.2. The largest absolute Gasteiger partial charge is 0.383 e. The number of hydrogen-bond acceptors (Lipinski definition) is 5. The van der Waals surface area contributed by atoms with Gasteiger partial charge in [-0.3, -0.25) is 15.1 Å². The van der Waals surface area contributed by atoms with Crippen molar-refractivity contribution in [2.24, 2.45) is 5.84 Å². The van der Waals surface area contributed by atoms with Crippen molar-refractivity contribution >= 4 is 5.91 Å². The normalized spacial score (nSPS) is 10.4. The molecule has 0 atom stereocenters. The van der Waals surface area contributed by atoms with Gasteiger partial charge in [0.15, 0.2) is 0 Å². The summed E-state index contributed by atoms with van der Waals surface area (Å²) in [7, 11) is 1.67. The van der Waals surface area contributed by atoms with Crippen molar-refractivity contribution < 1.29 is 9.53 Å². The number of methoxy groups -OCH3 is 1. The zero-order chi connectivity index (χ0) is 15.5. The average Bonchev–Trinajstić information content (AvgIpc) is 2.51. The Morgan fingerprint density at radius 3 is 2.57 bits per heavy atom. The standard InChI is InChI=1S/C15H22N4O2/c1-21-10-9-19(8-2-7-16)12-14-5-3-13(4-6-14)11-15(20)18-17/h3-6H,2,8-12,17H2,1H3,(H,18,20). The van der Waals surface area contributed by atoms with Crippen LogP contribution in [0.4, 0.5) is 0 Å². The van der Waals surface area contributed by atoms with Crippen molar-refractivity contribution in [2.75, 3.05) is 26.8 Å². The van der Waals surface area contributed by atoms with E-state index in [1.165, 1.54) is 0 Å². The minimum Gasteiger partial charge on any atom is -0.383 e. The van der Waals surface area contributed by atoms with Crippen molar-refractivity contribution in [3.8, 4) is 6.07 Å². The highest BCUT2D eigenvalue weighted by Crippen LogP contribution is 2.09. The van der Waals surface area contributed by atoms with Gasteiger partial charge in [-0.05, 0) is 11.1 Å². The second-order valence-corrected chi connectivity index (χ2v) is 4.74. The molecule has 0 aliphatic heterocycles. The van der Waals surface area contributed by atoms with Crippen LogP contribution in [-0.2, 0) is 22.5 Å². The molecule has 1 aromatic carbocycles. The Kier molecular flexibility index (Phi) is 8.05. The van der Waals surface area contributed by atoms with E-state index in [0.29, 0.717) is 13.0 Å². The predicted octanol–water partition coefficient (Wildman–Crippen LogP) is 0.581. The summed E-state index contributed by atoms with van der Waals surface area (Å²) >= 11 is 0. The zero-order valence-electron chi connectivity index (χ0n) is 12.3. The molecule has 0 radical (unpaired) electrons. The van der Waals surface area contributed by atoms with Gasteiger partial charge in [-0.2, -0.15) is 5.26 Å². The highest BCUT2D eigenvalue weighted by Gasteiger charge is 2.06. The first-order valence-corrected chi connectivity index (χ1v) is 6.85. The van der Waals surface area contributed by atoms with Gasteiger partial charge in [0.1, 0.15) is 0 Å². The molecular formula is C15H22N4O2. The van der Waals surface area contributed by atoms with Crippen LogP contribution in [0.3, 0.4) is 0 Å². The molecule has 0 fully saturated rings. The van der Waals surface area contributed by atoms with Gasteiger partial charge in [-0.1, -0.05) is 24.3 Å². The predicted molar refractivity (Wildman–Crippen MR) is 79.9 cm³/mol. The van der Waals surface area contributed by atoms with E-state index in [2.05, 4.69) is 16.4 Å². The van der Waals surface area contributed by atoms with E-state index >= 15 is 0 Å². The molecule has 1 rings (SSSR count). The molecule has 0 aliphatic carbocycles. The second-order valence-electron chi connectivity index (χ2n) is 4.74. The average molecular weight is 290 g/mol. The number of nitriles is 1. The fourth-order valence-corrected chi connectivity index (χ4v) is 1.96. The molecule has 0 spiro atoms. The summed E-state index contributed by atoms with van der Waals surface area (Å²) in [5.41, 5.74) is 4.17. The van der Waals surface area contributed by atoms with Crippen LogP contribution in [0.15, 0.2) is 24.3 Å². The van der Waals surface area contributed by atoms with Crippen LogP contribution in [0.5, 0.6) is 0 Å². The van der Waals surface area contributed by atoms with Crippen LogP contribution in [-0.4, -0.2) is 37.6 Å². The number of hydrazine groups is 1. The van der Waals surface area contributed by atoms with E-state index in [0.717, 1.165) is 30.8 Å². The van der Waals surface area contributed by atoms with Crippen LogP contribution >= 0.6 is 0 Å². The van der Waals surface area contributed by atoms with E-state index in [4.69, 9.17) is 15.8 Å². The summed E-state index contributed by atoms with van der Waals surface area (Å²) in [6.07, 6.45) is 0.775. The van der Waals surface area contributed by atoms with Gasteiger partial charge in [0, 0.05) is 33.2 Å². The van der Waals surface area contributed by atoms with Crippen molar-refractivity contribution in [1.29, 1.82) is 5.26 Å². The minimum atomic E-state index is -0.210. The molecular weight excluding hydrogens is 268 g/mol. The molecule has 6 nitrogen and oxygen atoms in total. The first kappa shape index (κ1) is 17.1. The smallest absolute Gasteiger partial charge is 0.238 e. The molecule has 6 heteroatoms. The Bertz CT molecular complexity index is 468. The molecule has 0 aromatic heterocycles. The molecule has 0 saturated heterocycles. The maximum atomic E-state index is 11.2. The summed E-state index contributed by atoms with van der Waals surface area (Å²) in [6.45, 7) is 2.90. The van der Waals surface area contributed by atoms with Gasteiger partial charge < -0.3 is 4.74 Å². The van der Waals surface area contributed by atoms with Gasteiger partial charge in [0.2, 0.25) is 5.91 Å². The van der Waals surface area contributed by atoms with Crippen LogP contribution in [0, 0.1) is 11.3 Å². The lowest BCUT2D eigenvalue weighted by molar-refractivity contribution is -0.120. The fraction of sp³-hybridized carbons (Fsp3) is 0.467. The molecule has 1 aromatic rings. The molecule has 0 unspecified atom stereocenters. The number of hydrogen-bond donors (Lipinski definition) is 2. The summed E-state index contributed by atoms with van der Waals surface area (Å²) in [5.74, 6) is 4.85. The van der Waals surface area contributed by atoms with Crippen molar-refractivity contribution in [2.45, 2.75) is 19.4 Å². The van der Waals surface area contributed by atoms with Gasteiger partial charge in [0.05, 0.1) is 19.1 Å². The highest BCUT2D eigenvalue weighted by molar-refractivity contribution is 5.77. The van der Waals surface area contributed by atoms with E-state index in [9.17, 15) is 4.79 Å². The summed E-state index contributed by atoms with van der Waals surface area (Å²) in [4.78, 5) is 13.4. The van der Waals surface area contributed by atoms with Gasteiger partial charge in [0.25, 0.3) is 0 Å². The molecule has 0 bridgehead atoms. The number of nitrogens with two attached hydrogens (primary N) is 1. The third kappa shape index (κ3) is 6.86. The second kappa shape index (κ2) is 9.88. The molecule has 0 saturated carbocycles. The summed E-state index contributed by atoms with van der Waals surface area (Å²) in [6, 6.07) is 9.98. The number of benzene rings is 1. The molecule has 1 amide bonds. The fourth-order valence-electron chi connectivity index (χ4n) is 1.96. The van der Waals surface area contributed by atoms with Gasteiger partial charge >= 0.3 is 0 Å². The lowest BCUT2D eigenvalue weighted by Crippen LogP contribution is -2.31. The number of rotatable bonds is 9. The van der Waals surface area contributed by atoms with Crippen molar-refractivity contribution in [3.05, 3.63) is 35.4 Å². The quantitative estimate of drug-likeness (QED) is 0.394. The van der Waals surface area contributed by atoms with Gasteiger partial charge in [-0.15, -0.1) is 0 Å². The van der Waals surface area contributed by atoms with E-state index in [1.54, 1.807) is 7.11 Å². The maximum Gasteiger partial charge on any atom is 0.238 e. The number of carbonyl (C=O) groups excluding carboxylic acids is 1. The molecule has 3 N–H and O–H groups in total. The monoisotopic (exact) mass is 290 g/mol.